The van der Waals surface area contributed by atoms with Gasteiger partial charge in [0, 0.05) is 15.6 Å². The second kappa shape index (κ2) is 5.71. The molecule has 0 aliphatic rings. The molecular formula is C13H10Cl2N2. The highest BCUT2D eigenvalue weighted by molar-refractivity contribution is 6.33. The molecule has 1 N–H and O–H groups in total. The Balaban J connectivity index is 2.03. The van der Waals surface area contributed by atoms with Gasteiger partial charge in [-0.25, -0.2) is 0 Å². The molecule has 0 saturated carbocycles. The number of hydrogen-bond donors (Lipinski definition) is 1. The van der Waals surface area contributed by atoms with Crippen LogP contribution in [0.3, 0.4) is 0 Å². The highest BCUT2D eigenvalue weighted by Crippen LogP contribution is 2.14. The minimum Gasteiger partial charge on any atom is -0.279 e. The molecule has 2 rings (SSSR count). The van der Waals surface area contributed by atoms with Crippen molar-refractivity contribution in [1.82, 2.24) is 0 Å². The van der Waals surface area contributed by atoms with Gasteiger partial charge in [0.15, 0.2) is 0 Å². The van der Waals surface area contributed by atoms with Gasteiger partial charge in [-0.2, -0.15) is 5.10 Å². The van der Waals surface area contributed by atoms with Crippen LogP contribution in [0, 0.1) is 0 Å². The van der Waals surface area contributed by atoms with Crippen molar-refractivity contribution in [3.8, 4) is 0 Å². The smallest absolute Gasteiger partial charge is 0.0562 e. The van der Waals surface area contributed by atoms with Crippen LogP contribution in [0.5, 0.6) is 0 Å². The summed E-state index contributed by atoms with van der Waals surface area (Å²) in [7, 11) is 0. The maximum Gasteiger partial charge on any atom is 0.0562 e. The largest absolute Gasteiger partial charge is 0.279 e. The maximum absolute atomic E-state index is 5.99. The van der Waals surface area contributed by atoms with E-state index >= 15 is 0 Å². The molecule has 0 saturated heterocycles. The highest BCUT2D eigenvalue weighted by atomic mass is 35.5. The van der Waals surface area contributed by atoms with E-state index in [1.165, 1.54) is 0 Å². The molecule has 0 fully saturated rings. The zero-order valence-corrected chi connectivity index (χ0v) is 10.4. The number of nitrogens with zero attached hydrogens (tertiary/aromatic N) is 1. The lowest BCUT2D eigenvalue weighted by atomic mass is 10.2. The Kier molecular flexibility index (Phi) is 4.02. The second-order valence-electron chi connectivity index (χ2n) is 3.40. The maximum atomic E-state index is 5.99. The number of anilines is 1. The Morgan fingerprint density at radius 3 is 2.35 bits per heavy atom. The first-order valence-electron chi connectivity index (χ1n) is 5.05. The lowest BCUT2D eigenvalue weighted by molar-refractivity contribution is 1.35. The summed E-state index contributed by atoms with van der Waals surface area (Å²) in [4.78, 5) is 0. The first-order chi connectivity index (χ1) is 8.25. The summed E-state index contributed by atoms with van der Waals surface area (Å²) >= 11 is 11.8. The summed E-state index contributed by atoms with van der Waals surface area (Å²) in [6, 6.07) is 14.8. The van der Waals surface area contributed by atoms with Crippen molar-refractivity contribution in [3.63, 3.8) is 0 Å². The van der Waals surface area contributed by atoms with Crippen molar-refractivity contribution in [1.29, 1.82) is 0 Å². The van der Waals surface area contributed by atoms with Gasteiger partial charge in [0.05, 0.1) is 11.9 Å². The molecule has 0 radical (unpaired) electrons. The Hall–Kier alpha value is -1.51. The van der Waals surface area contributed by atoms with Crippen LogP contribution in [0.1, 0.15) is 5.56 Å². The van der Waals surface area contributed by atoms with Gasteiger partial charge in [-0.15, -0.1) is 0 Å². The van der Waals surface area contributed by atoms with Gasteiger partial charge >= 0.3 is 0 Å². The summed E-state index contributed by atoms with van der Waals surface area (Å²) in [6.45, 7) is 0. The normalized spacial score (nSPS) is 10.7. The van der Waals surface area contributed by atoms with E-state index in [2.05, 4.69) is 10.5 Å². The predicted octanol–water partition coefficient (Wildman–Crippen LogP) is 4.44. The van der Waals surface area contributed by atoms with Crippen LogP contribution in [-0.2, 0) is 0 Å². The van der Waals surface area contributed by atoms with Gasteiger partial charge < -0.3 is 0 Å². The first kappa shape index (κ1) is 12.0. The number of nitrogens with one attached hydrogen (secondary N) is 1. The zero-order chi connectivity index (χ0) is 12.1. The average molecular weight is 265 g/mol. The molecule has 0 bridgehead atoms. The van der Waals surface area contributed by atoms with E-state index < -0.39 is 0 Å². The van der Waals surface area contributed by atoms with Crippen LogP contribution in [0.15, 0.2) is 53.6 Å². The monoisotopic (exact) mass is 264 g/mol. The zero-order valence-electron chi connectivity index (χ0n) is 8.90. The van der Waals surface area contributed by atoms with Gasteiger partial charge in [-0.05, 0) is 30.3 Å². The van der Waals surface area contributed by atoms with Crippen molar-refractivity contribution in [3.05, 3.63) is 64.1 Å². The first-order valence-corrected chi connectivity index (χ1v) is 5.80. The van der Waals surface area contributed by atoms with Gasteiger partial charge in [-0.1, -0.05) is 41.4 Å². The van der Waals surface area contributed by atoms with Crippen molar-refractivity contribution in [2.75, 3.05) is 5.43 Å². The van der Waals surface area contributed by atoms with Crippen LogP contribution in [0.25, 0.3) is 0 Å². The van der Waals surface area contributed by atoms with Crippen LogP contribution in [0.4, 0.5) is 5.69 Å². The fourth-order valence-electron chi connectivity index (χ4n) is 1.28. The molecule has 0 amide bonds. The minimum absolute atomic E-state index is 0.675. The molecule has 2 aromatic carbocycles. The van der Waals surface area contributed by atoms with Crippen LogP contribution >= 0.6 is 23.2 Å². The Morgan fingerprint density at radius 2 is 1.65 bits per heavy atom. The van der Waals surface area contributed by atoms with Crippen molar-refractivity contribution in [2.45, 2.75) is 0 Å². The van der Waals surface area contributed by atoms with E-state index in [9.17, 15) is 0 Å². The number of hydrazone groups is 1. The van der Waals surface area contributed by atoms with Gasteiger partial charge in [0.25, 0.3) is 0 Å². The minimum atomic E-state index is 0.675. The molecule has 0 spiro atoms. The molecule has 2 nitrogen and oxygen atoms in total. The number of rotatable bonds is 3. The Morgan fingerprint density at radius 1 is 0.941 bits per heavy atom. The topological polar surface area (TPSA) is 24.4 Å². The van der Waals surface area contributed by atoms with Gasteiger partial charge in [-0.3, -0.25) is 5.43 Å². The fraction of sp³-hybridized carbons (Fsp3) is 0. The lowest BCUT2D eigenvalue weighted by Gasteiger charge is -2.00. The summed E-state index contributed by atoms with van der Waals surface area (Å²) in [6.07, 6.45) is 1.68. The van der Waals surface area contributed by atoms with E-state index in [0.29, 0.717) is 10.0 Å². The molecule has 4 heteroatoms. The quantitative estimate of drug-likeness (QED) is 0.644. The van der Waals surface area contributed by atoms with E-state index in [1.54, 1.807) is 18.3 Å². The molecule has 0 unspecified atom stereocenters. The van der Waals surface area contributed by atoms with E-state index in [-0.39, 0.29) is 0 Å². The van der Waals surface area contributed by atoms with Gasteiger partial charge in [0.1, 0.15) is 0 Å². The lowest BCUT2D eigenvalue weighted by Crippen LogP contribution is -1.90. The SMILES string of the molecule is Clc1ccc(NN=Cc2ccccc2Cl)cc1. The third kappa shape index (κ3) is 3.48. The van der Waals surface area contributed by atoms with Crippen molar-refractivity contribution < 1.29 is 0 Å². The molecule has 0 aromatic heterocycles. The van der Waals surface area contributed by atoms with Crippen molar-refractivity contribution in [2.24, 2.45) is 5.10 Å². The molecule has 2 aromatic rings. The van der Waals surface area contributed by atoms with Crippen molar-refractivity contribution >= 4 is 35.1 Å². The van der Waals surface area contributed by atoms with Gasteiger partial charge in [0.2, 0.25) is 0 Å². The molecule has 0 aliphatic heterocycles. The molecule has 0 atom stereocenters. The third-order valence-electron chi connectivity index (χ3n) is 2.15. The Labute approximate surface area is 110 Å². The van der Waals surface area contributed by atoms with Crippen LogP contribution in [0.2, 0.25) is 10.0 Å². The summed E-state index contributed by atoms with van der Waals surface area (Å²) in [5.74, 6) is 0. The third-order valence-corrected chi connectivity index (χ3v) is 2.74. The standard InChI is InChI=1S/C13H10Cl2N2/c14-11-5-7-12(8-6-11)17-16-9-10-3-1-2-4-13(10)15/h1-9,17H. The molecule has 0 heterocycles. The summed E-state index contributed by atoms with van der Waals surface area (Å²) < 4.78 is 0. The Bertz CT molecular complexity index is 521. The van der Waals surface area contributed by atoms with Crippen LogP contribution < -0.4 is 5.43 Å². The summed E-state index contributed by atoms with van der Waals surface area (Å²) in [5.41, 5.74) is 4.64. The second-order valence-corrected chi connectivity index (χ2v) is 4.24. The average Bonchev–Trinajstić information content (AvgIpc) is 2.34. The molecule has 17 heavy (non-hydrogen) atoms. The predicted molar refractivity (Wildman–Crippen MR) is 74.1 cm³/mol. The molecule has 0 aliphatic carbocycles. The number of halogens is 2. The number of benzene rings is 2. The highest BCUT2D eigenvalue weighted by Gasteiger charge is 1.94. The van der Waals surface area contributed by atoms with E-state index in [4.69, 9.17) is 23.2 Å². The number of hydrogen-bond acceptors (Lipinski definition) is 2. The fourth-order valence-corrected chi connectivity index (χ4v) is 1.59. The van der Waals surface area contributed by atoms with E-state index in [0.717, 1.165) is 11.3 Å². The van der Waals surface area contributed by atoms with Crippen LogP contribution in [-0.4, -0.2) is 6.21 Å². The molecular weight excluding hydrogens is 255 g/mol. The summed E-state index contributed by atoms with van der Waals surface area (Å²) in [5, 5.41) is 5.47. The molecule has 86 valence electrons. The van der Waals surface area contributed by atoms with E-state index in [1.807, 2.05) is 36.4 Å².